The van der Waals surface area contributed by atoms with Crippen LogP contribution >= 0.6 is 0 Å². The maximum absolute atomic E-state index is 12.8. The Balaban J connectivity index is 1.18. The van der Waals surface area contributed by atoms with Crippen molar-refractivity contribution in [3.05, 3.63) is 64.7 Å². The van der Waals surface area contributed by atoms with Gasteiger partial charge in [0.1, 0.15) is 5.76 Å². The first-order valence-corrected chi connectivity index (χ1v) is 11.2. The van der Waals surface area contributed by atoms with E-state index >= 15 is 0 Å². The summed E-state index contributed by atoms with van der Waals surface area (Å²) in [6.07, 6.45) is 3.57. The van der Waals surface area contributed by atoms with E-state index in [0.29, 0.717) is 13.1 Å². The van der Waals surface area contributed by atoms with Crippen LogP contribution < -0.4 is 9.47 Å². The minimum absolute atomic E-state index is 0.0415. The van der Waals surface area contributed by atoms with Gasteiger partial charge in [-0.25, -0.2) is 0 Å². The molecule has 0 bridgehead atoms. The molecule has 33 heavy (non-hydrogen) atoms. The molecule has 5 rings (SSSR count). The zero-order valence-corrected chi connectivity index (χ0v) is 19.2. The largest absolute Gasteiger partial charge is 0.454 e. The highest BCUT2D eigenvalue weighted by atomic mass is 16.7. The van der Waals surface area contributed by atoms with Crippen LogP contribution in [-0.2, 0) is 11.3 Å². The third-order valence-electron chi connectivity index (χ3n) is 6.25. The average molecular weight is 449 g/mol. The van der Waals surface area contributed by atoms with Gasteiger partial charge in [0, 0.05) is 56.3 Å². The van der Waals surface area contributed by atoms with Gasteiger partial charge in [-0.3, -0.25) is 14.3 Å². The van der Waals surface area contributed by atoms with Gasteiger partial charge in [0.2, 0.25) is 12.7 Å². The molecule has 1 fully saturated rings. The fourth-order valence-corrected chi connectivity index (χ4v) is 4.46. The van der Waals surface area contributed by atoms with E-state index in [1.165, 1.54) is 5.56 Å². The predicted octanol–water partition coefficient (Wildman–Crippen LogP) is 3.48. The minimum atomic E-state index is 0.0415. The summed E-state index contributed by atoms with van der Waals surface area (Å²) in [6, 6.07) is 10.0. The average Bonchev–Trinajstić information content (AvgIpc) is 3.51. The van der Waals surface area contributed by atoms with Gasteiger partial charge < -0.3 is 18.9 Å². The summed E-state index contributed by atoms with van der Waals surface area (Å²) in [5, 5.41) is 4.11. The van der Waals surface area contributed by atoms with Crippen LogP contribution in [-0.4, -0.2) is 58.4 Å². The summed E-state index contributed by atoms with van der Waals surface area (Å²) in [4.78, 5) is 17.1. The molecule has 0 saturated carbocycles. The molecule has 172 valence electrons. The van der Waals surface area contributed by atoms with Crippen LogP contribution in [0.5, 0.6) is 11.5 Å². The van der Waals surface area contributed by atoms with E-state index in [-0.39, 0.29) is 12.7 Å². The molecule has 0 aliphatic carbocycles. The number of carbonyl (C=O) groups is 1. The van der Waals surface area contributed by atoms with E-state index in [2.05, 4.69) is 22.2 Å². The van der Waals surface area contributed by atoms with Crippen molar-refractivity contribution < 1.29 is 18.8 Å². The van der Waals surface area contributed by atoms with E-state index in [1.54, 1.807) is 6.08 Å². The molecular formula is C25H28N4O4. The number of carbonyl (C=O) groups excluding carboxylic acids is 1. The Labute approximate surface area is 193 Å². The smallest absolute Gasteiger partial charge is 0.246 e. The van der Waals surface area contributed by atoms with E-state index in [0.717, 1.165) is 59.7 Å². The maximum atomic E-state index is 12.8. The Bertz CT molecular complexity index is 1200. The molecule has 0 spiro atoms. The second kappa shape index (κ2) is 8.78. The normalized spacial score (nSPS) is 16.2. The molecule has 0 N–H and O–H groups in total. The second-order valence-electron chi connectivity index (χ2n) is 8.58. The van der Waals surface area contributed by atoms with Crippen LogP contribution in [0.25, 0.3) is 11.9 Å². The molecule has 2 aliphatic heterocycles. The monoisotopic (exact) mass is 448 g/mol. The number of amides is 1. The fourth-order valence-electron chi connectivity index (χ4n) is 4.46. The summed E-state index contributed by atoms with van der Waals surface area (Å²) >= 11 is 0. The van der Waals surface area contributed by atoms with E-state index < -0.39 is 0 Å². The van der Waals surface area contributed by atoms with Gasteiger partial charge in [-0.1, -0.05) is 11.2 Å². The summed E-state index contributed by atoms with van der Waals surface area (Å²) in [7, 11) is 0. The van der Waals surface area contributed by atoms with Gasteiger partial charge in [-0.2, -0.15) is 0 Å². The van der Waals surface area contributed by atoms with Crippen LogP contribution in [0.4, 0.5) is 0 Å². The lowest BCUT2D eigenvalue weighted by Gasteiger charge is -2.34. The van der Waals surface area contributed by atoms with Crippen molar-refractivity contribution >= 4 is 12.0 Å². The van der Waals surface area contributed by atoms with Gasteiger partial charge >= 0.3 is 0 Å². The van der Waals surface area contributed by atoms with Crippen molar-refractivity contribution in [2.75, 3.05) is 33.0 Å². The van der Waals surface area contributed by atoms with Gasteiger partial charge in [0.25, 0.3) is 0 Å². The van der Waals surface area contributed by atoms with Crippen LogP contribution in [0.15, 0.2) is 40.9 Å². The first kappa shape index (κ1) is 21.3. The number of rotatable bonds is 5. The lowest BCUT2D eigenvalue weighted by molar-refractivity contribution is -0.127. The molecular weight excluding hydrogens is 420 g/mol. The van der Waals surface area contributed by atoms with Crippen molar-refractivity contribution in [1.82, 2.24) is 19.5 Å². The molecule has 4 heterocycles. The Kier molecular flexibility index (Phi) is 5.68. The third-order valence-corrected chi connectivity index (χ3v) is 6.25. The molecule has 0 radical (unpaired) electrons. The van der Waals surface area contributed by atoms with Crippen molar-refractivity contribution in [3.63, 3.8) is 0 Å². The predicted molar refractivity (Wildman–Crippen MR) is 123 cm³/mol. The first-order chi connectivity index (χ1) is 16.0. The second-order valence-corrected chi connectivity index (χ2v) is 8.58. The zero-order valence-electron chi connectivity index (χ0n) is 19.2. The number of benzene rings is 1. The SMILES string of the molecule is Cc1cc(-n2c(C)cc(C=CC(=O)N3CCN(Cc4ccc5c(c4)OCO5)CC3)c2C)no1. The van der Waals surface area contributed by atoms with Gasteiger partial charge in [-0.05, 0) is 56.2 Å². The fraction of sp³-hybridized carbons (Fsp3) is 0.360. The highest BCUT2D eigenvalue weighted by Gasteiger charge is 2.21. The molecule has 3 aromatic rings. The lowest BCUT2D eigenvalue weighted by atomic mass is 10.1. The molecule has 8 heteroatoms. The molecule has 1 saturated heterocycles. The quantitative estimate of drug-likeness (QED) is 0.557. The lowest BCUT2D eigenvalue weighted by Crippen LogP contribution is -2.47. The first-order valence-electron chi connectivity index (χ1n) is 11.2. The Hall–Kier alpha value is -3.52. The number of piperazine rings is 1. The molecule has 2 aliphatic rings. The van der Waals surface area contributed by atoms with Crippen molar-refractivity contribution in [2.24, 2.45) is 0 Å². The summed E-state index contributed by atoms with van der Waals surface area (Å²) in [5.41, 5.74) is 4.27. The van der Waals surface area contributed by atoms with Crippen LogP contribution in [0.1, 0.15) is 28.3 Å². The van der Waals surface area contributed by atoms with E-state index in [9.17, 15) is 4.79 Å². The van der Waals surface area contributed by atoms with Crippen molar-refractivity contribution in [2.45, 2.75) is 27.3 Å². The number of fused-ring (bicyclic) bond motifs is 1. The highest BCUT2D eigenvalue weighted by molar-refractivity contribution is 5.92. The van der Waals surface area contributed by atoms with Gasteiger partial charge in [0.05, 0.1) is 0 Å². The van der Waals surface area contributed by atoms with E-state index in [1.807, 2.05) is 54.5 Å². The number of aromatic nitrogens is 2. The molecule has 0 unspecified atom stereocenters. The topological polar surface area (TPSA) is 73.0 Å². The summed E-state index contributed by atoms with van der Waals surface area (Å²) in [6.45, 7) is 10.2. The van der Waals surface area contributed by atoms with Crippen LogP contribution in [0, 0.1) is 20.8 Å². The number of nitrogens with zero attached hydrogens (tertiary/aromatic N) is 4. The van der Waals surface area contributed by atoms with E-state index in [4.69, 9.17) is 14.0 Å². The minimum Gasteiger partial charge on any atom is -0.454 e. The molecule has 2 aromatic heterocycles. The number of hydrogen-bond acceptors (Lipinski definition) is 6. The molecule has 0 atom stereocenters. The summed E-state index contributed by atoms with van der Waals surface area (Å²) < 4.78 is 18.1. The number of hydrogen-bond donors (Lipinski definition) is 0. The zero-order chi connectivity index (χ0) is 22.9. The Morgan fingerprint density at radius 2 is 1.82 bits per heavy atom. The standard InChI is InChI=1S/C25H28N4O4/c1-17-12-21(19(3)29(17)24-13-18(2)33-26-24)5-7-25(30)28-10-8-27(9-11-28)15-20-4-6-22-23(14-20)32-16-31-22/h4-7,12-14H,8-11,15-16H2,1-3H3. The molecule has 1 amide bonds. The van der Waals surface area contributed by atoms with Crippen LogP contribution in [0.3, 0.4) is 0 Å². The Morgan fingerprint density at radius 1 is 1.03 bits per heavy atom. The highest BCUT2D eigenvalue weighted by Crippen LogP contribution is 2.33. The summed E-state index contributed by atoms with van der Waals surface area (Å²) in [5.74, 6) is 3.18. The molecule has 1 aromatic carbocycles. The number of ether oxygens (including phenoxy) is 2. The van der Waals surface area contributed by atoms with Gasteiger partial charge in [0.15, 0.2) is 17.3 Å². The maximum Gasteiger partial charge on any atom is 0.246 e. The van der Waals surface area contributed by atoms with Crippen LogP contribution in [0.2, 0.25) is 0 Å². The number of aryl methyl sites for hydroxylation is 2. The Morgan fingerprint density at radius 3 is 2.58 bits per heavy atom. The van der Waals surface area contributed by atoms with Gasteiger partial charge in [-0.15, -0.1) is 0 Å². The molecule has 8 nitrogen and oxygen atoms in total. The third kappa shape index (κ3) is 4.39. The van der Waals surface area contributed by atoms with Crippen molar-refractivity contribution in [3.8, 4) is 17.3 Å². The van der Waals surface area contributed by atoms with Crippen molar-refractivity contribution in [1.29, 1.82) is 0 Å².